The Hall–Kier alpha value is -0.610. The van der Waals surface area contributed by atoms with E-state index in [1.54, 1.807) is 5.32 Å². The van der Waals surface area contributed by atoms with Crippen molar-refractivity contribution in [2.45, 2.75) is 6.04 Å². The number of nitrogens with two attached hydrogens (primary N) is 1. The molecule has 0 amide bonds. The molecule has 9 heavy (non-hydrogen) atoms. The zero-order chi connectivity index (χ0) is 6.69. The normalized spacial score (nSPS) is 27.8. The Morgan fingerprint density at radius 2 is 2.56 bits per heavy atom. The van der Waals surface area contributed by atoms with Crippen LogP contribution in [0.3, 0.4) is 0 Å². The lowest BCUT2D eigenvalue weighted by molar-refractivity contribution is -0.693. The number of ether oxygens (including phenoxy) is 1. The maximum Gasteiger partial charge on any atom is 0.364 e. The van der Waals surface area contributed by atoms with Gasteiger partial charge in [-0.2, -0.15) is 0 Å². The average molecular weight is 132 g/mol. The predicted octanol–water partition coefficient (Wildman–Crippen LogP) is -1.97. The Labute approximate surface area is 52.8 Å². The molecule has 1 rings (SSSR count). The van der Waals surface area contributed by atoms with Crippen molar-refractivity contribution in [3.63, 3.8) is 0 Å². The molecule has 0 radical (unpaired) electrons. The van der Waals surface area contributed by atoms with Crippen molar-refractivity contribution in [2.24, 2.45) is 0 Å². The van der Waals surface area contributed by atoms with Crippen molar-refractivity contribution in [3.05, 3.63) is 0 Å². The van der Waals surface area contributed by atoms with Gasteiger partial charge in [-0.25, -0.2) is 4.79 Å². The van der Waals surface area contributed by atoms with Crippen molar-refractivity contribution in [3.8, 4) is 0 Å². The molecule has 0 aromatic carbocycles. The van der Waals surface area contributed by atoms with Gasteiger partial charge in [-0.1, -0.05) is 0 Å². The summed E-state index contributed by atoms with van der Waals surface area (Å²) < 4.78 is 4.93. The SMILES string of the molecule is O=C(O)C1COCC[NH2+]1. The highest BCUT2D eigenvalue weighted by Crippen LogP contribution is 1.83. The molecule has 0 bridgehead atoms. The van der Waals surface area contributed by atoms with Crippen LogP contribution in [0.4, 0.5) is 0 Å². The van der Waals surface area contributed by atoms with E-state index >= 15 is 0 Å². The molecular formula is C5H10NO3+. The van der Waals surface area contributed by atoms with Crippen LogP contribution in [0.1, 0.15) is 0 Å². The van der Waals surface area contributed by atoms with Gasteiger partial charge in [-0.05, 0) is 0 Å². The third kappa shape index (κ3) is 1.65. The Morgan fingerprint density at radius 1 is 1.78 bits per heavy atom. The third-order valence-electron chi connectivity index (χ3n) is 1.33. The summed E-state index contributed by atoms with van der Waals surface area (Å²) in [4.78, 5) is 10.2. The highest BCUT2D eigenvalue weighted by molar-refractivity contribution is 5.71. The fourth-order valence-electron chi connectivity index (χ4n) is 0.803. The maximum absolute atomic E-state index is 10.2. The van der Waals surface area contributed by atoms with Crippen LogP contribution in [0.25, 0.3) is 0 Å². The molecule has 0 spiro atoms. The molecule has 1 fully saturated rings. The van der Waals surface area contributed by atoms with E-state index < -0.39 is 5.97 Å². The molecule has 1 atom stereocenters. The Kier molecular flexibility index (Phi) is 2.02. The lowest BCUT2D eigenvalue weighted by atomic mass is 10.3. The Morgan fingerprint density at radius 3 is 2.89 bits per heavy atom. The maximum atomic E-state index is 10.2. The van der Waals surface area contributed by atoms with Crippen molar-refractivity contribution in [1.82, 2.24) is 0 Å². The summed E-state index contributed by atoms with van der Waals surface area (Å²) in [6.45, 7) is 1.77. The van der Waals surface area contributed by atoms with Gasteiger partial charge in [0.05, 0.1) is 13.2 Å². The molecule has 3 N–H and O–H groups in total. The van der Waals surface area contributed by atoms with Crippen LogP contribution in [-0.2, 0) is 9.53 Å². The van der Waals surface area contributed by atoms with Crippen LogP contribution < -0.4 is 5.32 Å². The number of morpholine rings is 1. The molecular weight excluding hydrogens is 122 g/mol. The van der Waals surface area contributed by atoms with Gasteiger partial charge in [0.2, 0.25) is 6.04 Å². The molecule has 0 aromatic rings. The second-order valence-electron chi connectivity index (χ2n) is 2.04. The first-order valence-electron chi connectivity index (χ1n) is 2.94. The lowest BCUT2D eigenvalue weighted by Crippen LogP contribution is -2.95. The zero-order valence-corrected chi connectivity index (χ0v) is 5.04. The first kappa shape index (κ1) is 6.51. The number of carboxylic acid groups (broad SMARTS) is 1. The summed E-state index contributed by atoms with van der Waals surface area (Å²) >= 11 is 0. The minimum atomic E-state index is -0.783. The van der Waals surface area contributed by atoms with Crippen molar-refractivity contribution < 1.29 is 20.0 Å². The van der Waals surface area contributed by atoms with Gasteiger partial charge in [0.1, 0.15) is 6.61 Å². The van der Waals surface area contributed by atoms with Crippen LogP contribution in [0, 0.1) is 0 Å². The van der Waals surface area contributed by atoms with Gasteiger partial charge >= 0.3 is 5.97 Å². The number of hydrogen-bond acceptors (Lipinski definition) is 2. The van der Waals surface area contributed by atoms with Crippen molar-refractivity contribution in [1.29, 1.82) is 0 Å². The van der Waals surface area contributed by atoms with E-state index in [0.717, 1.165) is 6.54 Å². The smallest absolute Gasteiger partial charge is 0.364 e. The highest BCUT2D eigenvalue weighted by Gasteiger charge is 2.23. The van der Waals surface area contributed by atoms with Gasteiger partial charge in [-0.3, -0.25) is 0 Å². The standard InChI is InChI=1S/C5H9NO3/c7-5(8)4-3-9-2-1-6-4/h4,6H,1-3H2,(H,7,8)/p+1. The molecule has 52 valence electrons. The number of carboxylic acids is 1. The van der Waals surface area contributed by atoms with Gasteiger partial charge in [0.25, 0.3) is 0 Å². The monoisotopic (exact) mass is 132 g/mol. The van der Waals surface area contributed by atoms with Crippen LogP contribution in [0.2, 0.25) is 0 Å². The molecule has 4 nitrogen and oxygen atoms in total. The summed E-state index contributed by atoms with van der Waals surface area (Å²) in [5.41, 5.74) is 0. The summed E-state index contributed by atoms with van der Waals surface area (Å²) in [6, 6.07) is -0.376. The minimum absolute atomic E-state index is 0.343. The van der Waals surface area contributed by atoms with Gasteiger partial charge < -0.3 is 15.2 Å². The molecule has 1 heterocycles. The number of hydrogen-bond donors (Lipinski definition) is 2. The molecule has 1 aliphatic heterocycles. The summed E-state index contributed by atoms with van der Waals surface area (Å²) in [7, 11) is 0. The van der Waals surface area contributed by atoms with E-state index in [4.69, 9.17) is 9.84 Å². The van der Waals surface area contributed by atoms with Gasteiger partial charge in [0, 0.05) is 0 Å². The summed E-state index contributed by atoms with van der Waals surface area (Å²) in [5.74, 6) is -0.783. The van der Waals surface area contributed by atoms with Gasteiger partial charge in [0.15, 0.2) is 0 Å². The third-order valence-corrected chi connectivity index (χ3v) is 1.33. The molecule has 1 unspecified atom stereocenters. The molecule has 0 aromatic heterocycles. The molecule has 0 aliphatic carbocycles. The molecule has 0 saturated carbocycles. The minimum Gasteiger partial charge on any atom is -0.477 e. The number of carbonyl (C=O) groups is 1. The second kappa shape index (κ2) is 2.80. The first-order chi connectivity index (χ1) is 4.30. The number of rotatable bonds is 1. The van der Waals surface area contributed by atoms with Crippen LogP contribution in [0.5, 0.6) is 0 Å². The van der Waals surface area contributed by atoms with E-state index in [1.807, 2.05) is 0 Å². The van der Waals surface area contributed by atoms with Crippen molar-refractivity contribution >= 4 is 5.97 Å². The fraction of sp³-hybridized carbons (Fsp3) is 0.800. The number of aliphatic carboxylic acids is 1. The highest BCUT2D eigenvalue weighted by atomic mass is 16.5. The van der Waals surface area contributed by atoms with E-state index in [2.05, 4.69) is 0 Å². The lowest BCUT2D eigenvalue weighted by Gasteiger charge is -2.16. The van der Waals surface area contributed by atoms with Crippen LogP contribution >= 0.6 is 0 Å². The topological polar surface area (TPSA) is 63.1 Å². The Balaban J connectivity index is 2.31. The summed E-state index contributed by atoms with van der Waals surface area (Å²) in [6.07, 6.45) is 0. The zero-order valence-electron chi connectivity index (χ0n) is 5.04. The summed E-state index contributed by atoms with van der Waals surface area (Å²) in [5, 5.41) is 10.2. The van der Waals surface area contributed by atoms with E-state index in [1.165, 1.54) is 0 Å². The quantitative estimate of drug-likeness (QED) is 0.435. The van der Waals surface area contributed by atoms with E-state index in [-0.39, 0.29) is 6.04 Å². The fourth-order valence-corrected chi connectivity index (χ4v) is 0.803. The van der Waals surface area contributed by atoms with Crippen LogP contribution in [-0.4, -0.2) is 36.9 Å². The van der Waals surface area contributed by atoms with Gasteiger partial charge in [-0.15, -0.1) is 0 Å². The number of quaternary nitrogens is 1. The van der Waals surface area contributed by atoms with E-state index in [0.29, 0.717) is 13.2 Å². The predicted molar refractivity (Wildman–Crippen MR) is 29.0 cm³/mol. The van der Waals surface area contributed by atoms with Crippen LogP contribution in [0.15, 0.2) is 0 Å². The van der Waals surface area contributed by atoms with E-state index in [9.17, 15) is 4.79 Å². The van der Waals surface area contributed by atoms with Crippen molar-refractivity contribution in [2.75, 3.05) is 19.8 Å². The molecule has 4 heteroatoms. The largest absolute Gasteiger partial charge is 0.477 e. The average Bonchev–Trinajstić information content (AvgIpc) is 1.90. The Bertz CT molecular complexity index is 109. The first-order valence-corrected chi connectivity index (χ1v) is 2.94. The molecule has 1 saturated heterocycles. The molecule has 1 aliphatic rings. The second-order valence-corrected chi connectivity index (χ2v) is 2.04.